The number of carboxylic acids is 1. The third kappa shape index (κ3) is 3.90. The van der Waals surface area contributed by atoms with E-state index in [2.05, 4.69) is 28.6 Å². The summed E-state index contributed by atoms with van der Waals surface area (Å²) in [7, 11) is 0. The van der Waals surface area contributed by atoms with Gasteiger partial charge in [0.15, 0.2) is 0 Å². The van der Waals surface area contributed by atoms with Gasteiger partial charge in [-0.2, -0.15) is 0 Å². The van der Waals surface area contributed by atoms with Crippen LogP contribution in [0.2, 0.25) is 0 Å². The van der Waals surface area contributed by atoms with Gasteiger partial charge in [0.1, 0.15) is 0 Å². The van der Waals surface area contributed by atoms with Crippen molar-refractivity contribution >= 4 is 23.2 Å². The van der Waals surface area contributed by atoms with Gasteiger partial charge in [-0.15, -0.1) is 11.3 Å². The maximum atomic E-state index is 12.5. The zero-order chi connectivity index (χ0) is 17.6. The van der Waals surface area contributed by atoms with Crippen molar-refractivity contribution in [3.8, 4) is 0 Å². The van der Waals surface area contributed by atoms with Crippen LogP contribution in [-0.2, 0) is 9.59 Å². The molecular weight excluding hydrogens is 336 g/mol. The summed E-state index contributed by atoms with van der Waals surface area (Å²) in [6.45, 7) is 3.15. The fourth-order valence-corrected chi connectivity index (χ4v) is 5.11. The summed E-state index contributed by atoms with van der Waals surface area (Å²) in [5.74, 6) is 0.676. The average Bonchev–Trinajstić information content (AvgIpc) is 3.42. The van der Waals surface area contributed by atoms with E-state index in [9.17, 15) is 9.59 Å². The van der Waals surface area contributed by atoms with Gasteiger partial charge in [0.2, 0.25) is 5.91 Å². The minimum Gasteiger partial charge on any atom is -0.480 e. The van der Waals surface area contributed by atoms with Crippen LogP contribution in [0.4, 0.5) is 0 Å². The van der Waals surface area contributed by atoms with Crippen molar-refractivity contribution in [1.29, 1.82) is 0 Å². The standard InChI is InChI=1S/C19H26N2O3S/c1-11-4-5-25-18(11)15-8-16(15)19(24)20-13-6-14(7-13)21(10-17(22)23)9-12-2-3-12/h4-5,12-16H,2-3,6-10H2,1H3,(H,20,24)(H,22,23). The smallest absolute Gasteiger partial charge is 0.317 e. The van der Waals surface area contributed by atoms with E-state index in [-0.39, 0.29) is 24.4 Å². The summed E-state index contributed by atoms with van der Waals surface area (Å²) >= 11 is 1.76. The van der Waals surface area contributed by atoms with Crippen LogP contribution in [0.3, 0.4) is 0 Å². The highest BCUT2D eigenvalue weighted by Crippen LogP contribution is 2.50. The minimum atomic E-state index is -0.750. The monoisotopic (exact) mass is 362 g/mol. The molecule has 3 saturated carbocycles. The molecule has 3 aliphatic rings. The molecule has 0 bridgehead atoms. The molecule has 0 spiro atoms. The molecule has 0 saturated heterocycles. The lowest BCUT2D eigenvalue weighted by Gasteiger charge is -2.42. The lowest BCUT2D eigenvalue weighted by Crippen LogP contribution is -2.55. The largest absolute Gasteiger partial charge is 0.480 e. The Labute approximate surface area is 152 Å². The highest BCUT2D eigenvalue weighted by atomic mass is 32.1. The summed E-state index contributed by atoms with van der Waals surface area (Å²) in [4.78, 5) is 27.0. The number of aryl methyl sites for hydroxylation is 1. The number of thiophene rings is 1. The summed E-state index contributed by atoms with van der Waals surface area (Å²) in [5, 5.41) is 14.4. The second kappa shape index (κ2) is 6.72. The van der Waals surface area contributed by atoms with E-state index in [0.717, 1.165) is 25.8 Å². The molecule has 1 heterocycles. The molecule has 6 heteroatoms. The summed E-state index contributed by atoms with van der Waals surface area (Å²) in [6.07, 6.45) is 5.21. The van der Waals surface area contributed by atoms with Crippen molar-refractivity contribution in [2.75, 3.05) is 13.1 Å². The highest BCUT2D eigenvalue weighted by Gasteiger charge is 2.47. The molecule has 2 atom stereocenters. The zero-order valence-corrected chi connectivity index (χ0v) is 15.4. The number of hydrogen-bond acceptors (Lipinski definition) is 4. The van der Waals surface area contributed by atoms with E-state index in [4.69, 9.17) is 5.11 Å². The number of nitrogens with one attached hydrogen (secondary N) is 1. The quantitative estimate of drug-likeness (QED) is 0.746. The topological polar surface area (TPSA) is 69.6 Å². The number of amides is 1. The molecule has 5 nitrogen and oxygen atoms in total. The van der Waals surface area contributed by atoms with Crippen LogP contribution in [0, 0.1) is 18.8 Å². The van der Waals surface area contributed by atoms with Gasteiger partial charge in [-0.3, -0.25) is 14.5 Å². The van der Waals surface area contributed by atoms with E-state index < -0.39 is 5.97 Å². The molecule has 0 radical (unpaired) electrons. The maximum absolute atomic E-state index is 12.5. The van der Waals surface area contributed by atoms with Crippen LogP contribution in [0.5, 0.6) is 0 Å². The summed E-state index contributed by atoms with van der Waals surface area (Å²) in [6, 6.07) is 2.66. The normalized spacial score (nSPS) is 30.8. The molecule has 3 fully saturated rings. The number of carbonyl (C=O) groups is 2. The van der Waals surface area contributed by atoms with Crippen LogP contribution < -0.4 is 5.32 Å². The molecule has 0 aromatic carbocycles. The highest BCUT2D eigenvalue weighted by molar-refractivity contribution is 7.10. The molecule has 0 aliphatic heterocycles. The van der Waals surface area contributed by atoms with Crippen LogP contribution in [0.15, 0.2) is 11.4 Å². The van der Waals surface area contributed by atoms with E-state index >= 15 is 0 Å². The fraction of sp³-hybridized carbons (Fsp3) is 0.684. The van der Waals surface area contributed by atoms with Crippen molar-refractivity contribution in [2.24, 2.45) is 11.8 Å². The molecule has 1 aromatic heterocycles. The van der Waals surface area contributed by atoms with E-state index in [1.165, 1.54) is 23.3 Å². The summed E-state index contributed by atoms with van der Waals surface area (Å²) in [5.41, 5.74) is 1.30. The lowest BCUT2D eigenvalue weighted by molar-refractivity contribution is -0.140. The first kappa shape index (κ1) is 17.0. The Morgan fingerprint density at radius 2 is 2.08 bits per heavy atom. The van der Waals surface area contributed by atoms with Gasteiger partial charge in [0.25, 0.3) is 0 Å². The van der Waals surface area contributed by atoms with Gasteiger partial charge in [-0.25, -0.2) is 0 Å². The Morgan fingerprint density at radius 1 is 1.32 bits per heavy atom. The first-order valence-electron chi connectivity index (χ1n) is 9.31. The van der Waals surface area contributed by atoms with Gasteiger partial charge in [-0.1, -0.05) is 0 Å². The third-order valence-corrected chi connectivity index (χ3v) is 7.02. The minimum absolute atomic E-state index is 0.129. The molecule has 2 N–H and O–H groups in total. The number of hydrogen-bond donors (Lipinski definition) is 2. The summed E-state index contributed by atoms with van der Waals surface area (Å²) < 4.78 is 0. The first-order valence-corrected chi connectivity index (χ1v) is 10.2. The first-order chi connectivity index (χ1) is 12.0. The number of carbonyl (C=O) groups excluding carboxylic acids is 1. The molecule has 1 aromatic rings. The van der Waals surface area contributed by atoms with Gasteiger partial charge in [0, 0.05) is 35.3 Å². The maximum Gasteiger partial charge on any atom is 0.317 e. The van der Waals surface area contributed by atoms with Gasteiger partial charge in [-0.05, 0) is 62.0 Å². The number of carboxylic acid groups (broad SMARTS) is 1. The second-order valence-corrected chi connectivity index (χ2v) is 8.96. The van der Waals surface area contributed by atoms with E-state index in [0.29, 0.717) is 17.9 Å². The van der Waals surface area contributed by atoms with Gasteiger partial charge < -0.3 is 10.4 Å². The molecule has 1 amide bonds. The Kier molecular flexibility index (Phi) is 4.58. The predicted octanol–water partition coefficient (Wildman–Crippen LogP) is 2.60. The van der Waals surface area contributed by atoms with E-state index in [1.807, 2.05) is 0 Å². The van der Waals surface area contributed by atoms with Crippen LogP contribution in [-0.4, -0.2) is 47.1 Å². The lowest BCUT2D eigenvalue weighted by atomic mass is 9.85. The van der Waals surface area contributed by atoms with Crippen LogP contribution >= 0.6 is 11.3 Å². The van der Waals surface area contributed by atoms with Crippen molar-refractivity contribution < 1.29 is 14.7 Å². The van der Waals surface area contributed by atoms with Crippen molar-refractivity contribution in [2.45, 2.75) is 57.0 Å². The zero-order valence-electron chi connectivity index (χ0n) is 14.6. The Hall–Kier alpha value is -1.40. The molecule has 136 valence electrons. The predicted molar refractivity (Wildman–Crippen MR) is 96.8 cm³/mol. The molecular formula is C19H26N2O3S. The SMILES string of the molecule is Cc1ccsc1C1CC1C(=O)NC1CC(N(CC(=O)O)CC2CC2)C1. The molecule has 2 unspecified atom stereocenters. The van der Waals surface area contributed by atoms with Gasteiger partial charge >= 0.3 is 5.97 Å². The number of rotatable bonds is 8. The average molecular weight is 362 g/mol. The van der Waals surface area contributed by atoms with Crippen molar-refractivity contribution in [3.63, 3.8) is 0 Å². The van der Waals surface area contributed by atoms with E-state index in [1.54, 1.807) is 11.3 Å². The van der Waals surface area contributed by atoms with Crippen molar-refractivity contribution in [3.05, 3.63) is 21.9 Å². The number of nitrogens with zero attached hydrogens (tertiary/aromatic N) is 1. The Balaban J connectivity index is 1.23. The van der Waals surface area contributed by atoms with Crippen LogP contribution in [0.25, 0.3) is 0 Å². The number of aliphatic carboxylic acids is 1. The molecule has 25 heavy (non-hydrogen) atoms. The Morgan fingerprint density at radius 3 is 2.68 bits per heavy atom. The molecule has 3 aliphatic carbocycles. The van der Waals surface area contributed by atoms with Crippen molar-refractivity contribution in [1.82, 2.24) is 10.2 Å². The molecule has 4 rings (SSSR count). The van der Waals surface area contributed by atoms with Crippen LogP contribution in [0.1, 0.15) is 48.5 Å². The Bertz CT molecular complexity index is 663. The van der Waals surface area contributed by atoms with Gasteiger partial charge in [0.05, 0.1) is 6.54 Å². The third-order valence-electron chi connectivity index (χ3n) is 5.87. The fourth-order valence-electron chi connectivity index (χ4n) is 4.00. The second-order valence-electron chi connectivity index (χ2n) is 8.01.